The molecule has 0 aliphatic rings. The van der Waals surface area contributed by atoms with Gasteiger partial charge in [0.25, 0.3) is 0 Å². The minimum absolute atomic E-state index is 0.0861. The molecule has 10 heteroatoms. The topological polar surface area (TPSA) is 125 Å². The number of hydrogen-bond donors (Lipinski definition) is 3. The van der Waals surface area contributed by atoms with Gasteiger partial charge >= 0.3 is 12.1 Å². The Hall–Kier alpha value is -5.04. The number of H-pyrrole nitrogens is 1. The Bertz CT molecular complexity index is 1690. The Balaban J connectivity index is 1.70. The summed E-state index contributed by atoms with van der Waals surface area (Å²) in [6, 6.07) is 17.3. The second-order valence-electron chi connectivity index (χ2n) is 11.6. The number of anilines is 1. The van der Waals surface area contributed by atoms with Gasteiger partial charge in [0.05, 0.1) is 30.9 Å². The second kappa shape index (κ2) is 13.5. The third-order valence-electron chi connectivity index (χ3n) is 6.71. The number of carbonyl (C=O) groups excluding carboxylic acids is 2. The highest BCUT2D eigenvalue weighted by Gasteiger charge is 2.29. The number of halogens is 1. The number of carbonyl (C=O) groups is 2. The van der Waals surface area contributed by atoms with E-state index in [0.29, 0.717) is 11.3 Å². The van der Waals surface area contributed by atoms with E-state index in [-0.39, 0.29) is 29.3 Å². The predicted octanol–water partition coefficient (Wildman–Crippen LogP) is 6.99. The molecule has 9 nitrogen and oxygen atoms in total. The lowest BCUT2D eigenvalue weighted by molar-refractivity contribution is 0.0501. The molecular formula is C34H37FN4O5. The van der Waals surface area contributed by atoms with Crippen LogP contribution in [-0.2, 0) is 15.9 Å². The van der Waals surface area contributed by atoms with Crippen LogP contribution in [0.3, 0.4) is 0 Å². The van der Waals surface area contributed by atoms with Crippen LogP contribution in [0.1, 0.15) is 50.5 Å². The van der Waals surface area contributed by atoms with Crippen molar-refractivity contribution in [1.29, 1.82) is 5.26 Å². The Morgan fingerprint density at radius 2 is 1.82 bits per heavy atom. The molecule has 230 valence electrons. The quantitative estimate of drug-likeness (QED) is 0.168. The third kappa shape index (κ3) is 7.86. The zero-order valence-corrected chi connectivity index (χ0v) is 25.7. The van der Waals surface area contributed by atoms with Crippen molar-refractivity contribution in [3.8, 4) is 22.9 Å². The highest BCUT2D eigenvalue weighted by Crippen LogP contribution is 2.32. The lowest BCUT2D eigenvalue weighted by atomic mass is 9.97. The van der Waals surface area contributed by atoms with E-state index in [9.17, 15) is 19.2 Å². The Morgan fingerprint density at radius 1 is 1.07 bits per heavy atom. The summed E-state index contributed by atoms with van der Waals surface area (Å²) in [7, 11) is 1.24. The number of esters is 1. The Morgan fingerprint density at radius 3 is 2.50 bits per heavy atom. The predicted molar refractivity (Wildman–Crippen MR) is 167 cm³/mol. The number of nitrogens with zero attached hydrogens (tertiary/aromatic N) is 1. The van der Waals surface area contributed by atoms with Gasteiger partial charge in [-0.3, -0.25) is 0 Å². The van der Waals surface area contributed by atoms with E-state index in [4.69, 9.17) is 14.2 Å². The van der Waals surface area contributed by atoms with Crippen molar-refractivity contribution >= 4 is 28.7 Å². The van der Waals surface area contributed by atoms with Crippen molar-refractivity contribution in [2.75, 3.05) is 12.4 Å². The maximum absolute atomic E-state index is 14.9. The van der Waals surface area contributed by atoms with Gasteiger partial charge in [-0.2, -0.15) is 5.26 Å². The SMILES string of the molecule is COC(=O)c1cc(-c2cc(OC(C)C)ccc2F)ccc1NC(C#N)[C@H](Cc1c[nH]c2ccccc12)NC(=O)OC(C)(C)C. The van der Waals surface area contributed by atoms with E-state index in [1.165, 1.54) is 19.2 Å². The molecule has 0 saturated carbocycles. The van der Waals surface area contributed by atoms with Crippen LogP contribution in [0.5, 0.6) is 5.75 Å². The van der Waals surface area contributed by atoms with Crippen LogP contribution in [0.4, 0.5) is 14.9 Å². The normalized spacial score (nSPS) is 12.7. The van der Waals surface area contributed by atoms with Gasteiger partial charge in [0, 0.05) is 28.4 Å². The minimum atomic E-state index is -1.01. The molecule has 0 spiro atoms. The highest BCUT2D eigenvalue weighted by molar-refractivity contribution is 5.97. The Labute approximate surface area is 256 Å². The molecule has 4 rings (SSSR count). The summed E-state index contributed by atoms with van der Waals surface area (Å²) in [6.45, 7) is 8.98. The average Bonchev–Trinajstić information content (AvgIpc) is 3.37. The molecule has 1 amide bonds. The number of rotatable bonds is 10. The molecule has 0 aliphatic heterocycles. The maximum Gasteiger partial charge on any atom is 0.407 e. The number of alkyl carbamates (subject to hydrolysis) is 1. The number of methoxy groups -OCH3 is 1. The first-order valence-electron chi connectivity index (χ1n) is 14.3. The lowest BCUT2D eigenvalue weighted by Gasteiger charge is -2.27. The molecule has 1 aromatic heterocycles. The average molecular weight is 601 g/mol. The first kappa shape index (κ1) is 31.9. The summed E-state index contributed by atoms with van der Waals surface area (Å²) < 4.78 is 31.2. The van der Waals surface area contributed by atoms with E-state index in [2.05, 4.69) is 21.7 Å². The highest BCUT2D eigenvalue weighted by atomic mass is 19.1. The van der Waals surface area contributed by atoms with Crippen molar-refractivity contribution in [2.45, 2.75) is 64.8 Å². The molecule has 4 aromatic rings. The molecule has 1 unspecified atom stereocenters. The number of hydrogen-bond acceptors (Lipinski definition) is 7. The number of ether oxygens (including phenoxy) is 3. The van der Waals surface area contributed by atoms with Crippen LogP contribution in [0, 0.1) is 17.1 Å². The van der Waals surface area contributed by atoms with Gasteiger partial charge in [-0.15, -0.1) is 0 Å². The van der Waals surface area contributed by atoms with Crippen LogP contribution in [0.25, 0.3) is 22.0 Å². The fourth-order valence-electron chi connectivity index (χ4n) is 4.83. The number of para-hydroxylation sites is 1. The summed E-state index contributed by atoms with van der Waals surface area (Å²) in [5.74, 6) is -0.696. The maximum atomic E-state index is 14.9. The summed E-state index contributed by atoms with van der Waals surface area (Å²) in [4.78, 5) is 29.0. The molecule has 0 saturated heterocycles. The number of amides is 1. The monoisotopic (exact) mass is 600 g/mol. The first-order chi connectivity index (χ1) is 20.9. The largest absolute Gasteiger partial charge is 0.491 e. The fraction of sp³-hybridized carbons (Fsp3) is 0.324. The van der Waals surface area contributed by atoms with E-state index in [1.54, 1.807) is 45.0 Å². The number of fused-ring (bicyclic) bond motifs is 1. The zero-order valence-electron chi connectivity index (χ0n) is 25.7. The van der Waals surface area contributed by atoms with Gasteiger partial charge in [-0.05, 0) is 88.6 Å². The molecule has 0 aliphatic carbocycles. The van der Waals surface area contributed by atoms with Crippen LogP contribution in [0.15, 0.2) is 66.9 Å². The minimum Gasteiger partial charge on any atom is -0.491 e. The van der Waals surface area contributed by atoms with Gasteiger partial charge < -0.3 is 29.8 Å². The van der Waals surface area contributed by atoms with Crippen molar-refractivity contribution in [2.24, 2.45) is 0 Å². The van der Waals surface area contributed by atoms with E-state index >= 15 is 0 Å². The lowest BCUT2D eigenvalue weighted by Crippen LogP contribution is -2.49. The molecule has 3 N–H and O–H groups in total. The number of aromatic nitrogens is 1. The van der Waals surface area contributed by atoms with Crippen molar-refractivity contribution in [3.63, 3.8) is 0 Å². The van der Waals surface area contributed by atoms with Gasteiger partial charge in [-0.1, -0.05) is 24.3 Å². The molecule has 2 atom stereocenters. The second-order valence-corrected chi connectivity index (χ2v) is 11.6. The number of nitrogens with one attached hydrogen (secondary N) is 3. The number of benzene rings is 3. The molecular weight excluding hydrogens is 563 g/mol. The van der Waals surface area contributed by atoms with Crippen LogP contribution < -0.4 is 15.4 Å². The van der Waals surface area contributed by atoms with Gasteiger partial charge in [0.1, 0.15) is 23.2 Å². The van der Waals surface area contributed by atoms with Crippen LogP contribution >= 0.6 is 0 Å². The van der Waals surface area contributed by atoms with Crippen molar-refractivity contribution in [1.82, 2.24) is 10.3 Å². The van der Waals surface area contributed by atoms with Crippen molar-refractivity contribution in [3.05, 3.63) is 83.8 Å². The summed E-state index contributed by atoms with van der Waals surface area (Å²) in [6.07, 6.45) is 1.31. The smallest absolute Gasteiger partial charge is 0.407 e. The number of nitriles is 1. The molecule has 1 heterocycles. The molecule has 0 fully saturated rings. The summed E-state index contributed by atoms with van der Waals surface area (Å²) >= 11 is 0. The molecule has 0 radical (unpaired) electrons. The van der Waals surface area contributed by atoms with Crippen LogP contribution in [-0.4, -0.2) is 47.9 Å². The fourth-order valence-corrected chi connectivity index (χ4v) is 4.83. The molecule has 3 aromatic carbocycles. The summed E-state index contributed by atoms with van der Waals surface area (Å²) in [5, 5.41) is 17.2. The van der Waals surface area contributed by atoms with E-state index < -0.39 is 35.6 Å². The zero-order chi connectivity index (χ0) is 32.0. The standard InChI is InChI=1S/C34H37FN4O5/c1-20(2)43-23-12-13-27(35)25(17-23)21-11-14-29(26(15-21)32(40)42-6)38-31(18-36)30(39-33(41)44-34(3,4)5)16-22-19-37-28-10-8-7-9-24(22)28/h7-15,17,19-20,30-31,37-38H,16H2,1-6H3,(H,39,41)/t30-,31?/m0/s1. The summed E-state index contributed by atoms with van der Waals surface area (Å²) in [5.41, 5.74) is 2.05. The van der Waals surface area contributed by atoms with Crippen molar-refractivity contribution < 1.29 is 28.2 Å². The Kier molecular flexibility index (Phi) is 9.79. The number of aromatic amines is 1. The molecule has 44 heavy (non-hydrogen) atoms. The van der Waals surface area contributed by atoms with Gasteiger partial charge in [0.15, 0.2) is 0 Å². The molecule has 0 bridgehead atoms. The van der Waals surface area contributed by atoms with Crippen LogP contribution in [0.2, 0.25) is 0 Å². The van der Waals surface area contributed by atoms with Gasteiger partial charge in [-0.25, -0.2) is 14.0 Å². The third-order valence-corrected chi connectivity index (χ3v) is 6.71. The van der Waals surface area contributed by atoms with Gasteiger partial charge in [0.2, 0.25) is 0 Å². The van der Waals surface area contributed by atoms with E-state index in [0.717, 1.165) is 16.5 Å². The first-order valence-corrected chi connectivity index (χ1v) is 14.3. The van der Waals surface area contributed by atoms with E-state index in [1.807, 2.05) is 44.3 Å².